The Kier molecular flexibility index (Phi) is 1.06. The van der Waals surface area contributed by atoms with Gasteiger partial charge in [-0.2, -0.15) is 0 Å². The van der Waals surface area contributed by atoms with Crippen molar-refractivity contribution >= 4 is 5.78 Å². The van der Waals surface area contributed by atoms with E-state index in [9.17, 15) is 4.79 Å². The Morgan fingerprint density at radius 1 is 1.08 bits per heavy atom. The Labute approximate surface area is 71.4 Å². The van der Waals surface area contributed by atoms with Gasteiger partial charge < -0.3 is 0 Å². The lowest BCUT2D eigenvalue weighted by molar-refractivity contribution is -0.130. The zero-order valence-corrected chi connectivity index (χ0v) is 6.79. The van der Waals surface area contributed by atoms with Crippen molar-refractivity contribution < 1.29 is 4.79 Å². The molecule has 12 heavy (non-hydrogen) atoms. The van der Waals surface area contributed by atoms with E-state index >= 15 is 0 Å². The number of fused-ring (bicyclic) bond motifs is 3. The van der Waals surface area contributed by atoms with Crippen molar-refractivity contribution in [3.8, 4) is 0 Å². The molecule has 0 spiro atoms. The molecule has 1 nitrogen and oxygen atoms in total. The first kappa shape index (κ1) is 6.41. The number of carbonyl (C=O) groups is 1. The van der Waals surface area contributed by atoms with E-state index in [1.54, 1.807) is 0 Å². The second kappa shape index (κ2) is 1.98. The summed E-state index contributed by atoms with van der Waals surface area (Å²) in [6, 6.07) is 8.46. The van der Waals surface area contributed by atoms with Crippen molar-refractivity contribution in [2.24, 2.45) is 5.92 Å². The first-order chi connectivity index (χ1) is 5.86. The smallest absolute Gasteiger partial charge is 0.137 e. The van der Waals surface area contributed by atoms with Gasteiger partial charge in [0.2, 0.25) is 0 Å². The van der Waals surface area contributed by atoms with Gasteiger partial charge in [0, 0.05) is 18.3 Å². The summed E-state index contributed by atoms with van der Waals surface area (Å²) < 4.78 is 0. The van der Waals surface area contributed by atoms with Crippen molar-refractivity contribution in [1.82, 2.24) is 0 Å². The van der Waals surface area contributed by atoms with E-state index < -0.39 is 0 Å². The zero-order chi connectivity index (χ0) is 8.13. The minimum atomic E-state index is 0.349. The van der Waals surface area contributed by atoms with Gasteiger partial charge in [0.05, 0.1) is 0 Å². The molecule has 0 unspecified atom stereocenters. The van der Waals surface area contributed by atoms with Gasteiger partial charge in [-0.1, -0.05) is 24.3 Å². The number of hydrogen-bond donors (Lipinski definition) is 0. The summed E-state index contributed by atoms with van der Waals surface area (Å²) in [5, 5.41) is 0. The van der Waals surface area contributed by atoms with Crippen molar-refractivity contribution in [2.75, 3.05) is 0 Å². The second-order valence-corrected chi connectivity index (χ2v) is 3.79. The molecule has 2 aliphatic carbocycles. The monoisotopic (exact) mass is 158 g/mol. The molecule has 0 amide bonds. The molecule has 0 bridgehead atoms. The third kappa shape index (κ3) is 0.619. The van der Waals surface area contributed by atoms with Crippen molar-refractivity contribution in [1.29, 1.82) is 0 Å². The highest BCUT2D eigenvalue weighted by Gasteiger charge is 2.45. The van der Waals surface area contributed by atoms with E-state index in [2.05, 4.69) is 24.3 Å². The lowest BCUT2D eigenvalue weighted by Crippen LogP contribution is -2.31. The van der Waals surface area contributed by atoms with Crippen molar-refractivity contribution in [3.05, 3.63) is 35.4 Å². The lowest BCUT2D eigenvalue weighted by atomic mass is 9.73. The van der Waals surface area contributed by atoms with E-state index in [-0.39, 0.29) is 0 Å². The quantitative estimate of drug-likeness (QED) is 0.563. The lowest BCUT2D eigenvalue weighted by Gasteiger charge is -2.28. The fraction of sp³-hybridized carbons (Fsp3) is 0.364. The van der Waals surface area contributed by atoms with Crippen molar-refractivity contribution in [2.45, 2.75) is 18.8 Å². The Morgan fingerprint density at radius 2 is 1.92 bits per heavy atom. The van der Waals surface area contributed by atoms with Gasteiger partial charge >= 0.3 is 0 Å². The van der Waals surface area contributed by atoms with E-state index in [0.29, 0.717) is 17.6 Å². The number of Topliss-reactive ketones (excluding diaryl/α,β-unsaturated/α-hetero) is 1. The van der Waals surface area contributed by atoms with Gasteiger partial charge in [-0.3, -0.25) is 4.79 Å². The summed E-state index contributed by atoms with van der Waals surface area (Å²) in [6.07, 6.45) is 1.79. The summed E-state index contributed by atoms with van der Waals surface area (Å²) in [5.74, 6) is 1.40. The van der Waals surface area contributed by atoms with Crippen LogP contribution in [0, 0.1) is 5.92 Å². The molecule has 2 atom stereocenters. The highest BCUT2D eigenvalue weighted by atomic mass is 16.1. The molecule has 60 valence electrons. The average Bonchev–Trinajstić information content (AvgIpc) is 2.39. The molecule has 1 heteroatoms. The minimum Gasteiger partial charge on any atom is -0.299 e. The summed E-state index contributed by atoms with van der Waals surface area (Å²) in [7, 11) is 0. The Hall–Kier alpha value is -1.11. The van der Waals surface area contributed by atoms with Crippen LogP contribution >= 0.6 is 0 Å². The average molecular weight is 158 g/mol. The molecule has 1 aromatic rings. The largest absolute Gasteiger partial charge is 0.299 e. The number of ketones is 1. The van der Waals surface area contributed by atoms with Crippen molar-refractivity contribution in [3.63, 3.8) is 0 Å². The van der Waals surface area contributed by atoms with Gasteiger partial charge in [-0.25, -0.2) is 0 Å². The minimum absolute atomic E-state index is 0.349. The summed E-state index contributed by atoms with van der Waals surface area (Å²) in [4.78, 5) is 11.2. The van der Waals surface area contributed by atoms with E-state index in [0.717, 1.165) is 12.8 Å². The SMILES string of the molecule is O=C1C[C@H]2c3ccccc3C[C@@H]12. The second-order valence-electron chi connectivity index (χ2n) is 3.79. The maximum Gasteiger partial charge on any atom is 0.137 e. The predicted molar refractivity (Wildman–Crippen MR) is 46.0 cm³/mol. The van der Waals surface area contributed by atoms with Crippen LogP contribution in [0.3, 0.4) is 0 Å². The molecule has 0 radical (unpaired) electrons. The van der Waals surface area contributed by atoms with E-state index in [1.807, 2.05) is 0 Å². The molecular formula is C11H10O. The highest BCUT2D eigenvalue weighted by molar-refractivity contribution is 5.91. The number of hydrogen-bond acceptors (Lipinski definition) is 1. The molecule has 2 aliphatic rings. The molecule has 3 rings (SSSR count). The Bertz CT molecular complexity index is 354. The van der Waals surface area contributed by atoms with Crippen LogP contribution < -0.4 is 0 Å². The summed E-state index contributed by atoms with van der Waals surface area (Å²) in [6.45, 7) is 0. The molecular weight excluding hydrogens is 148 g/mol. The van der Waals surface area contributed by atoms with Crippen LogP contribution in [0.15, 0.2) is 24.3 Å². The maximum atomic E-state index is 11.2. The zero-order valence-electron chi connectivity index (χ0n) is 6.79. The van der Waals surface area contributed by atoms with Gasteiger partial charge in [0.25, 0.3) is 0 Å². The number of rotatable bonds is 0. The fourth-order valence-corrected chi connectivity index (χ4v) is 2.48. The molecule has 0 N–H and O–H groups in total. The maximum absolute atomic E-state index is 11.2. The fourth-order valence-electron chi connectivity index (χ4n) is 2.48. The van der Waals surface area contributed by atoms with Crippen LogP contribution in [-0.4, -0.2) is 5.78 Å². The molecule has 0 aromatic heterocycles. The van der Waals surface area contributed by atoms with Crippen LogP contribution in [0.1, 0.15) is 23.5 Å². The predicted octanol–water partition coefficient (Wildman–Crippen LogP) is 1.92. The summed E-state index contributed by atoms with van der Waals surface area (Å²) in [5.41, 5.74) is 2.83. The van der Waals surface area contributed by atoms with Crippen LogP contribution in [0.2, 0.25) is 0 Å². The van der Waals surface area contributed by atoms with Crippen LogP contribution in [0.5, 0.6) is 0 Å². The topological polar surface area (TPSA) is 17.1 Å². The summed E-state index contributed by atoms with van der Waals surface area (Å²) >= 11 is 0. The number of carbonyl (C=O) groups excluding carboxylic acids is 1. The van der Waals surface area contributed by atoms with Gasteiger partial charge in [-0.15, -0.1) is 0 Å². The first-order valence-electron chi connectivity index (χ1n) is 4.47. The molecule has 0 saturated heterocycles. The normalized spacial score (nSPS) is 30.8. The van der Waals surface area contributed by atoms with Gasteiger partial charge in [0.1, 0.15) is 5.78 Å². The standard InChI is InChI=1S/C11H10O/c12-11-6-9-8-4-2-1-3-7(8)5-10(9)11/h1-4,9-10H,5-6H2/t9-,10+/m0/s1. The molecule has 1 fully saturated rings. The van der Waals surface area contributed by atoms with Crippen LogP contribution in [0.25, 0.3) is 0 Å². The van der Waals surface area contributed by atoms with Gasteiger partial charge in [0.15, 0.2) is 0 Å². The highest BCUT2D eigenvalue weighted by Crippen LogP contribution is 2.48. The van der Waals surface area contributed by atoms with Gasteiger partial charge in [-0.05, 0) is 17.5 Å². The number of benzene rings is 1. The van der Waals surface area contributed by atoms with Crippen LogP contribution in [0.4, 0.5) is 0 Å². The molecule has 1 saturated carbocycles. The third-order valence-electron chi connectivity index (χ3n) is 3.21. The Morgan fingerprint density at radius 3 is 2.75 bits per heavy atom. The Balaban J connectivity index is 2.10. The molecule has 1 aromatic carbocycles. The van der Waals surface area contributed by atoms with Crippen LogP contribution in [-0.2, 0) is 11.2 Å². The van der Waals surface area contributed by atoms with E-state index in [1.165, 1.54) is 11.1 Å². The first-order valence-corrected chi connectivity index (χ1v) is 4.47. The third-order valence-corrected chi connectivity index (χ3v) is 3.21. The molecule has 0 aliphatic heterocycles. The molecule has 0 heterocycles. The van der Waals surface area contributed by atoms with E-state index in [4.69, 9.17) is 0 Å².